The number of hydrogen-bond donors (Lipinski definition) is 1. The minimum atomic E-state index is 0.485. The van der Waals surface area contributed by atoms with Gasteiger partial charge in [0, 0.05) is 19.2 Å². The molecule has 18 heavy (non-hydrogen) atoms. The first-order valence-corrected chi connectivity index (χ1v) is 7.90. The topological polar surface area (TPSA) is 21.3 Å². The zero-order valence-corrected chi connectivity index (χ0v) is 12.5. The van der Waals surface area contributed by atoms with Crippen LogP contribution in [-0.2, 0) is 4.74 Å². The highest BCUT2D eigenvalue weighted by atomic mass is 16.5. The van der Waals surface area contributed by atoms with Gasteiger partial charge in [-0.2, -0.15) is 0 Å². The maximum Gasteiger partial charge on any atom is 0.0699 e. The van der Waals surface area contributed by atoms with E-state index in [1.165, 1.54) is 44.9 Å². The molecule has 1 N–H and O–H groups in total. The van der Waals surface area contributed by atoms with Crippen LogP contribution in [0.25, 0.3) is 0 Å². The van der Waals surface area contributed by atoms with Gasteiger partial charge < -0.3 is 10.1 Å². The van der Waals surface area contributed by atoms with Gasteiger partial charge in [-0.15, -0.1) is 0 Å². The van der Waals surface area contributed by atoms with Gasteiger partial charge in [-0.3, -0.25) is 0 Å². The van der Waals surface area contributed by atoms with Crippen molar-refractivity contribution in [3.63, 3.8) is 0 Å². The standard InChI is InChI=1S/C16H31NO/c1-16(2,3)13-7-9-14(10-8-13)17-12-15-6-4-5-11-18-15/h13-15,17H,4-12H2,1-3H3. The van der Waals surface area contributed by atoms with Crippen molar-refractivity contribution in [2.24, 2.45) is 11.3 Å². The molecule has 2 nitrogen and oxygen atoms in total. The highest BCUT2D eigenvalue weighted by Crippen LogP contribution is 2.37. The number of hydrogen-bond acceptors (Lipinski definition) is 2. The van der Waals surface area contributed by atoms with Crippen molar-refractivity contribution in [2.45, 2.75) is 77.9 Å². The van der Waals surface area contributed by atoms with Gasteiger partial charge in [-0.25, -0.2) is 0 Å². The summed E-state index contributed by atoms with van der Waals surface area (Å²) in [4.78, 5) is 0. The number of rotatable bonds is 3. The molecule has 1 atom stereocenters. The minimum absolute atomic E-state index is 0.485. The second kappa shape index (κ2) is 6.38. The van der Waals surface area contributed by atoms with Gasteiger partial charge in [0.05, 0.1) is 6.10 Å². The average molecular weight is 253 g/mol. The number of nitrogens with one attached hydrogen (secondary N) is 1. The third kappa shape index (κ3) is 4.24. The minimum Gasteiger partial charge on any atom is -0.377 e. The van der Waals surface area contributed by atoms with Crippen molar-refractivity contribution < 1.29 is 4.74 Å². The van der Waals surface area contributed by atoms with Gasteiger partial charge in [0.1, 0.15) is 0 Å². The lowest BCUT2D eigenvalue weighted by Crippen LogP contribution is -2.41. The molecule has 1 saturated carbocycles. The molecule has 2 heteroatoms. The van der Waals surface area contributed by atoms with Gasteiger partial charge in [0.25, 0.3) is 0 Å². The second-order valence-electron chi connectivity index (χ2n) is 7.31. The van der Waals surface area contributed by atoms with Crippen LogP contribution in [0.5, 0.6) is 0 Å². The van der Waals surface area contributed by atoms with Crippen LogP contribution in [0.3, 0.4) is 0 Å². The summed E-state index contributed by atoms with van der Waals surface area (Å²) in [6, 6.07) is 0.745. The molecule has 0 spiro atoms. The Labute approximate surface area is 113 Å². The molecule has 1 aliphatic heterocycles. The molecule has 1 unspecified atom stereocenters. The molecule has 2 fully saturated rings. The molecule has 0 aromatic heterocycles. The van der Waals surface area contributed by atoms with E-state index in [0.717, 1.165) is 25.1 Å². The Morgan fingerprint density at radius 2 is 1.72 bits per heavy atom. The largest absolute Gasteiger partial charge is 0.377 e. The van der Waals surface area contributed by atoms with Crippen LogP contribution in [0, 0.1) is 11.3 Å². The summed E-state index contributed by atoms with van der Waals surface area (Å²) in [6.45, 7) is 9.22. The zero-order chi connectivity index (χ0) is 13.0. The Kier molecular flexibility index (Phi) is 5.08. The van der Waals surface area contributed by atoms with Crippen LogP contribution < -0.4 is 5.32 Å². The summed E-state index contributed by atoms with van der Waals surface area (Å²) < 4.78 is 5.78. The first-order chi connectivity index (χ1) is 8.55. The van der Waals surface area contributed by atoms with Crippen LogP contribution in [0.4, 0.5) is 0 Å². The molecule has 0 aromatic carbocycles. The summed E-state index contributed by atoms with van der Waals surface area (Å²) in [7, 11) is 0. The normalized spacial score (nSPS) is 34.5. The fourth-order valence-electron chi connectivity index (χ4n) is 3.43. The van der Waals surface area contributed by atoms with Crippen molar-refractivity contribution in [3.05, 3.63) is 0 Å². The molecule has 0 bridgehead atoms. The maximum absolute atomic E-state index is 5.78. The van der Waals surface area contributed by atoms with E-state index in [1.54, 1.807) is 0 Å². The zero-order valence-electron chi connectivity index (χ0n) is 12.5. The van der Waals surface area contributed by atoms with Gasteiger partial charge in [0.2, 0.25) is 0 Å². The molecule has 0 amide bonds. The summed E-state index contributed by atoms with van der Waals surface area (Å²) in [5, 5.41) is 3.74. The number of ether oxygens (including phenoxy) is 1. The molecule has 0 radical (unpaired) electrons. The highest BCUT2D eigenvalue weighted by Gasteiger charge is 2.29. The van der Waals surface area contributed by atoms with E-state index >= 15 is 0 Å². The monoisotopic (exact) mass is 253 g/mol. The third-order valence-electron chi connectivity index (χ3n) is 4.86. The lowest BCUT2D eigenvalue weighted by Gasteiger charge is -2.37. The Bertz CT molecular complexity index is 232. The van der Waals surface area contributed by atoms with E-state index < -0.39 is 0 Å². The van der Waals surface area contributed by atoms with E-state index in [4.69, 9.17) is 4.74 Å². The Morgan fingerprint density at radius 3 is 2.28 bits per heavy atom. The van der Waals surface area contributed by atoms with Crippen molar-refractivity contribution in [1.29, 1.82) is 0 Å². The first kappa shape index (κ1) is 14.3. The molecule has 1 saturated heterocycles. The summed E-state index contributed by atoms with van der Waals surface area (Å²) in [5.41, 5.74) is 0.497. The van der Waals surface area contributed by atoms with Gasteiger partial charge in [-0.1, -0.05) is 20.8 Å². The van der Waals surface area contributed by atoms with Crippen molar-refractivity contribution >= 4 is 0 Å². The molecule has 1 aliphatic carbocycles. The van der Waals surface area contributed by atoms with Gasteiger partial charge >= 0.3 is 0 Å². The molecule has 0 aromatic rings. The lowest BCUT2D eigenvalue weighted by molar-refractivity contribution is 0.0137. The summed E-state index contributed by atoms with van der Waals surface area (Å²) >= 11 is 0. The van der Waals surface area contributed by atoms with Crippen LogP contribution in [-0.4, -0.2) is 25.3 Å². The van der Waals surface area contributed by atoms with E-state index in [9.17, 15) is 0 Å². The smallest absolute Gasteiger partial charge is 0.0699 e. The Morgan fingerprint density at radius 1 is 1.00 bits per heavy atom. The van der Waals surface area contributed by atoms with E-state index in [2.05, 4.69) is 26.1 Å². The second-order valence-corrected chi connectivity index (χ2v) is 7.31. The molecule has 2 rings (SSSR count). The highest BCUT2D eigenvalue weighted by molar-refractivity contribution is 4.84. The van der Waals surface area contributed by atoms with Crippen LogP contribution >= 0.6 is 0 Å². The molecular formula is C16H31NO. The Balaban J connectivity index is 1.64. The first-order valence-electron chi connectivity index (χ1n) is 7.90. The quantitative estimate of drug-likeness (QED) is 0.827. The Hall–Kier alpha value is -0.0800. The van der Waals surface area contributed by atoms with Crippen LogP contribution in [0.1, 0.15) is 65.7 Å². The van der Waals surface area contributed by atoms with Crippen LogP contribution in [0.15, 0.2) is 0 Å². The fourth-order valence-corrected chi connectivity index (χ4v) is 3.43. The van der Waals surface area contributed by atoms with Crippen molar-refractivity contribution in [1.82, 2.24) is 5.32 Å². The molecule has 2 aliphatic rings. The van der Waals surface area contributed by atoms with Crippen molar-refractivity contribution in [2.75, 3.05) is 13.2 Å². The summed E-state index contributed by atoms with van der Waals surface area (Å²) in [6.07, 6.45) is 9.85. The van der Waals surface area contributed by atoms with Gasteiger partial charge in [0.15, 0.2) is 0 Å². The van der Waals surface area contributed by atoms with E-state index in [1.807, 2.05) is 0 Å². The molecular weight excluding hydrogens is 222 g/mol. The predicted molar refractivity (Wildman–Crippen MR) is 76.8 cm³/mol. The van der Waals surface area contributed by atoms with Gasteiger partial charge in [-0.05, 0) is 56.3 Å². The lowest BCUT2D eigenvalue weighted by atomic mass is 9.71. The maximum atomic E-state index is 5.78. The fraction of sp³-hybridized carbons (Fsp3) is 1.00. The SMILES string of the molecule is CC(C)(C)C1CCC(NCC2CCCCO2)CC1. The van der Waals surface area contributed by atoms with Crippen molar-refractivity contribution in [3.8, 4) is 0 Å². The van der Waals surface area contributed by atoms with Crippen LogP contribution in [0.2, 0.25) is 0 Å². The predicted octanol–water partition coefficient (Wildman–Crippen LogP) is 3.75. The van der Waals surface area contributed by atoms with E-state index in [0.29, 0.717) is 11.5 Å². The third-order valence-corrected chi connectivity index (χ3v) is 4.86. The van der Waals surface area contributed by atoms with E-state index in [-0.39, 0.29) is 0 Å². The molecule has 106 valence electrons. The molecule has 1 heterocycles. The average Bonchev–Trinajstić information content (AvgIpc) is 2.37. The summed E-state index contributed by atoms with van der Waals surface area (Å²) in [5.74, 6) is 0.918.